The van der Waals surface area contributed by atoms with E-state index in [1.807, 2.05) is 12.3 Å². The van der Waals surface area contributed by atoms with E-state index in [4.69, 9.17) is 0 Å². The Morgan fingerprint density at radius 2 is 1.95 bits per heavy atom. The number of aromatic nitrogens is 1. The second-order valence-electron chi connectivity index (χ2n) is 5.26. The third-order valence-electron chi connectivity index (χ3n) is 3.47. The quantitative estimate of drug-likeness (QED) is 0.719. The van der Waals surface area contributed by atoms with Crippen LogP contribution in [0.1, 0.15) is 24.8 Å². The van der Waals surface area contributed by atoms with Crippen molar-refractivity contribution in [2.45, 2.75) is 19.9 Å². The number of anilines is 1. The van der Waals surface area contributed by atoms with Gasteiger partial charge in [0.05, 0.1) is 11.6 Å². The van der Waals surface area contributed by atoms with Crippen molar-refractivity contribution in [3.05, 3.63) is 58.9 Å². The highest BCUT2D eigenvalue weighted by molar-refractivity contribution is 7.10. The average molecular weight is 282 g/mol. The predicted molar refractivity (Wildman–Crippen MR) is 87.3 cm³/mol. The van der Waals surface area contributed by atoms with Crippen LogP contribution in [-0.2, 0) is 0 Å². The summed E-state index contributed by atoms with van der Waals surface area (Å²) in [5.41, 5.74) is 2.19. The number of pyridine rings is 1. The Balaban J connectivity index is 1.99. The van der Waals surface area contributed by atoms with Gasteiger partial charge in [0.15, 0.2) is 0 Å². The maximum Gasteiger partial charge on any atom is 0.0722 e. The Morgan fingerprint density at radius 1 is 1.05 bits per heavy atom. The molecule has 1 aromatic carbocycles. The first-order chi connectivity index (χ1) is 9.75. The molecule has 1 N–H and O–H groups in total. The molecule has 0 radical (unpaired) electrons. The fourth-order valence-electron chi connectivity index (χ4n) is 2.43. The Kier molecular flexibility index (Phi) is 3.70. The number of hydrogen-bond acceptors (Lipinski definition) is 3. The molecule has 0 amide bonds. The first-order valence-corrected chi connectivity index (χ1v) is 7.77. The number of thiophene rings is 1. The van der Waals surface area contributed by atoms with Crippen molar-refractivity contribution in [2.24, 2.45) is 5.92 Å². The molecule has 0 saturated carbocycles. The highest BCUT2D eigenvalue weighted by atomic mass is 32.1. The number of fused-ring (bicyclic) bond motifs is 1. The van der Waals surface area contributed by atoms with Gasteiger partial charge >= 0.3 is 0 Å². The molecule has 102 valence electrons. The molecule has 0 spiro atoms. The fraction of sp³-hybridized carbons (Fsp3) is 0.235. The van der Waals surface area contributed by atoms with Gasteiger partial charge in [-0.15, -0.1) is 11.3 Å². The van der Waals surface area contributed by atoms with Crippen LogP contribution in [0.3, 0.4) is 0 Å². The highest BCUT2D eigenvalue weighted by Crippen LogP contribution is 2.32. The summed E-state index contributed by atoms with van der Waals surface area (Å²) in [6, 6.07) is 15.0. The molecule has 3 aromatic rings. The second kappa shape index (κ2) is 5.63. The van der Waals surface area contributed by atoms with Gasteiger partial charge in [0, 0.05) is 22.1 Å². The van der Waals surface area contributed by atoms with Crippen LogP contribution in [0.25, 0.3) is 10.9 Å². The van der Waals surface area contributed by atoms with Crippen LogP contribution in [0.15, 0.2) is 54.0 Å². The van der Waals surface area contributed by atoms with Crippen LogP contribution in [0.4, 0.5) is 5.69 Å². The number of hydrogen-bond donors (Lipinski definition) is 1. The monoisotopic (exact) mass is 282 g/mol. The zero-order valence-electron chi connectivity index (χ0n) is 11.7. The highest BCUT2D eigenvalue weighted by Gasteiger charge is 2.17. The van der Waals surface area contributed by atoms with Crippen LogP contribution >= 0.6 is 11.3 Å². The van der Waals surface area contributed by atoms with Crippen molar-refractivity contribution in [3.63, 3.8) is 0 Å². The predicted octanol–water partition coefficient (Wildman–Crippen LogP) is 5.11. The summed E-state index contributed by atoms with van der Waals surface area (Å²) in [6.45, 7) is 4.50. The molecule has 0 fully saturated rings. The lowest BCUT2D eigenvalue weighted by atomic mass is 10.0. The summed E-state index contributed by atoms with van der Waals surface area (Å²) in [6.07, 6.45) is 1.84. The van der Waals surface area contributed by atoms with Crippen LogP contribution in [0.2, 0.25) is 0 Å². The minimum atomic E-state index is 0.334. The van der Waals surface area contributed by atoms with Crippen molar-refractivity contribution in [3.8, 4) is 0 Å². The van der Waals surface area contributed by atoms with Crippen LogP contribution in [-0.4, -0.2) is 4.98 Å². The van der Waals surface area contributed by atoms with E-state index in [0.29, 0.717) is 12.0 Å². The maximum absolute atomic E-state index is 4.42. The molecule has 0 aliphatic carbocycles. The van der Waals surface area contributed by atoms with Crippen LogP contribution in [0.5, 0.6) is 0 Å². The van der Waals surface area contributed by atoms with Gasteiger partial charge in [-0.2, -0.15) is 0 Å². The molecule has 20 heavy (non-hydrogen) atoms. The standard InChI is InChI=1S/C17H18N2S/c1-12(2)17(16-9-5-11-20-16)19-15-8-3-7-14-13(15)6-4-10-18-14/h3-12,17,19H,1-2H3. The molecule has 3 rings (SSSR count). The maximum atomic E-state index is 4.42. The third-order valence-corrected chi connectivity index (χ3v) is 4.43. The lowest BCUT2D eigenvalue weighted by molar-refractivity contribution is 0.554. The summed E-state index contributed by atoms with van der Waals surface area (Å²) in [5.74, 6) is 0.528. The summed E-state index contributed by atoms with van der Waals surface area (Å²) in [7, 11) is 0. The zero-order chi connectivity index (χ0) is 13.9. The lowest BCUT2D eigenvalue weighted by Crippen LogP contribution is -2.15. The van der Waals surface area contributed by atoms with Gasteiger partial charge < -0.3 is 5.32 Å². The van der Waals surface area contributed by atoms with E-state index in [9.17, 15) is 0 Å². The van der Waals surface area contributed by atoms with Gasteiger partial charge in [-0.25, -0.2) is 0 Å². The van der Waals surface area contributed by atoms with Gasteiger partial charge in [0.2, 0.25) is 0 Å². The van der Waals surface area contributed by atoms with Crippen LogP contribution < -0.4 is 5.32 Å². The number of nitrogens with zero attached hydrogens (tertiary/aromatic N) is 1. The topological polar surface area (TPSA) is 24.9 Å². The molecule has 0 aliphatic rings. The van der Waals surface area contributed by atoms with Gasteiger partial charge in [-0.3, -0.25) is 4.98 Å². The van der Waals surface area contributed by atoms with Crippen molar-refractivity contribution in [2.75, 3.05) is 5.32 Å². The Hall–Kier alpha value is -1.87. The summed E-state index contributed by atoms with van der Waals surface area (Å²) in [5, 5.41) is 7.01. The molecule has 2 nitrogen and oxygen atoms in total. The third kappa shape index (κ3) is 2.54. The van der Waals surface area contributed by atoms with E-state index in [-0.39, 0.29) is 0 Å². The van der Waals surface area contributed by atoms with Gasteiger partial charge in [-0.05, 0) is 41.6 Å². The first kappa shape index (κ1) is 13.1. The molecular weight excluding hydrogens is 264 g/mol. The molecule has 1 atom stereocenters. The van der Waals surface area contributed by atoms with Gasteiger partial charge in [0.25, 0.3) is 0 Å². The smallest absolute Gasteiger partial charge is 0.0722 e. The van der Waals surface area contributed by atoms with E-state index in [0.717, 1.165) is 11.2 Å². The molecule has 1 unspecified atom stereocenters. The largest absolute Gasteiger partial charge is 0.377 e. The van der Waals surface area contributed by atoms with Crippen molar-refractivity contribution in [1.29, 1.82) is 0 Å². The number of rotatable bonds is 4. The zero-order valence-corrected chi connectivity index (χ0v) is 12.5. The Labute approximate surface area is 123 Å². The molecule has 0 aliphatic heterocycles. The average Bonchev–Trinajstić information content (AvgIpc) is 2.98. The number of nitrogens with one attached hydrogen (secondary N) is 1. The minimum Gasteiger partial charge on any atom is -0.377 e. The molecule has 2 aromatic heterocycles. The summed E-state index contributed by atoms with van der Waals surface area (Å²) in [4.78, 5) is 5.80. The normalized spacial score (nSPS) is 12.8. The molecule has 0 bridgehead atoms. The van der Waals surface area contributed by atoms with E-state index in [1.54, 1.807) is 11.3 Å². The molecule has 3 heteroatoms. The van der Waals surface area contributed by atoms with E-state index < -0.39 is 0 Å². The summed E-state index contributed by atoms with van der Waals surface area (Å²) >= 11 is 1.81. The SMILES string of the molecule is CC(C)C(Nc1cccc2ncccc12)c1cccs1. The van der Waals surface area contributed by atoms with E-state index >= 15 is 0 Å². The molecular formula is C17H18N2S. The lowest BCUT2D eigenvalue weighted by Gasteiger charge is -2.23. The summed E-state index contributed by atoms with van der Waals surface area (Å²) < 4.78 is 0. The first-order valence-electron chi connectivity index (χ1n) is 6.89. The minimum absolute atomic E-state index is 0.334. The fourth-order valence-corrected chi connectivity index (χ4v) is 3.38. The van der Waals surface area contributed by atoms with E-state index in [1.165, 1.54) is 10.3 Å². The Bertz CT molecular complexity index is 684. The van der Waals surface area contributed by atoms with Crippen molar-refractivity contribution >= 4 is 27.9 Å². The second-order valence-corrected chi connectivity index (χ2v) is 6.24. The number of benzene rings is 1. The van der Waals surface area contributed by atoms with Crippen LogP contribution in [0, 0.1) is 5.92 Å². The van der Waals surface area contributed by atoms with Gasteiger partial charge in [-0.1, -0.05) is 26.0 Å². The molecule has 0 saturated heterocycles. The van der Waals surface area contributed by atoms with Gasteiger partial charge in [0.1, 0.15) is 0 Å². The Morgan fingerprint density at radius 3 is 2.70 bits per heavy atom. The van der Waals surface area contributed by atoms with Crippen molar-refractivity contribution < 1.29 is 0 Å². The van der Waals surface area contributed by atoms with Crippen molar-refractivity contribution in [1.82, 2.24) is 4.98 Å². The molecule has 2 heterocycles. The van der Waals surface area contributed by atoms with E-state index in [2.05, 4.69) is 65.9 Å².